The van der Waals surface area contributed by atoms with Gasteiger partial charge in [-0.25, -0.2) is 4.79 Å². The third-order valence-corrected chi connectivity index (χ3v) is 3.76. The van der Waals surface area contributed by atoms with Crippen molar-refractivity contribution in [2.45, 2.75) is 6.61 Å². The lowest BCUT2D eigenvalue weighted by molar-refractivity contribution is 0.0473. The molecule has 104 valence electrons. The van der Waals surface area contributed by atoms with Gasteiger partial charge in [-0.05, 0) is 29.8 Å². The summed E-state index contributed by atoms with van der Waals surface area (Å²) in [6.07, 6.45) is 0. The molecule has 0 fully saturated rings. The molecule has 0 unspecified atom stereocenters. The van der Waals surface area contributed by atoms with Crippen LogP contribution in [0.15, 0.2) is 36.4 Å². The molecule has 0 amide bonds. The van der Waals surface area contributed by atoms with E-state index in [0.29, 0.717) is 15.7 Å². The van der Waals surface area contributed by atoms with Crippen LogP contribution in [0.2, 0.25) is 15.1 Å². The summed E-state index contributed by atoms with van der Waals surface area (Å²) in [6, 6.07) is 9.80. The van der Waals surface area contributed by atoms with Gasteiger partial charge in [0.05, 0.1) is 26.3 Å². The predicted octanol–water partition coefficient (Wildman–Crippen LogP) is 4.59. The molecule has 0 atom stereocenters. The van der Waals surface area contributed by atoms with Crippen LogP contribution >= 0.6 is 34.8 Å². The molecule has 2 rings (SSSR count). The smallest absolute Gasteiger partial charge is 0.340 e. The van der Waals surface area contributed by atoms with E-state index >= 15 is 0 Å². The Labute approximate surface area is 131 Å². The lowest BCUT2D eigenvalue weighted by atomic mass is 10.2. The molecule has 0 aliphatic heterocycles. The van der Waals surface area contributed by atoms with Gasteiger partial charge >= 0.3 is 5.97 Å². The normalized spacial score (nSPS) is 10.3. The highest BCUT2D eigenvalue weighted by Crippen LogP contribution is 2.25. The van der Waals surface area contributed by atoms with E-state index in [4.69, 9.17) is 45.3 Å². The molecule has 0 radical (unpaired) electrons. The van der Waals surface area contributed by atoms with Gasteiger partial charge in [-0.2, -0.15) is 0 Å². The van der Waals surface area contributed by atoms with Gasteiger partial charge in [-0.15, -0.1) is 0 Å². The van der Waals surface area contributed by atoms with Crippen molar-refractivity contribution in [3.05, 3.63) is 62.6 Å². The molecule has 0 aromatic heterocycles. The van der Waals surface area contributed by atoms with Crippen LogP contribution in [0.4, 0.5) is 5.69 Å². The number of hydrogen-bond acceptors (Lipinski definition) is 3. The highest BCUT2D eigenvalue weighted by molar-refractivity contribution is 6.42. The van der Waals surface area contributed by atoms with Crippen LogP contribution in [-0.4, -0.2) is 5.97 Å². The van der Waals surface area contributed by atoms with Gasteiger partial charge in [0, 0.05) is 0 Å². The van der Waals surface area contributed by atoms with Crippen LogP contribution in [0.5, 0.6) is 0 Å². The third kappa shape index (κ3) is 3.37. The number of nitrogen functional groups attached to an aromatic ring is 1. The van der Waals surface area contributed by atoms with Crippen LogP contribution in [0.3, 0.4) is 0 Å². The first-order valence-corrected chi connectivity index (χ1v) is 6.77. The average Bonchev–Trinajstić information content (AvgIpc) is 2.43. The zero-order valence-corrected chi connectivity index (χ0v) is 12.5. The average molecular weight is 331 g/mol. The molecule has 0 aliphatic rings. The third-order valence-electron chi connectivity index (χ3n) is 2.60. The van der Waals surface area contributed by atoms with Gasteiger partial charge < -0.3 is 10.5 Å². The van der Waals surface area contributed by atoms with Crippen molar-refractivity contribution in [1.29, 1.82) is 0 Å². The number of carbonyl (C=O) groups excluding carboxylic acids is 1. The van der Waals surface area contributed by atoms with E-state index in [-0.39, 0.29) is 17.2 Å². The fourth-order valence-corrected chi connectivity index (χ4v) is 2.09. The topological polar surface area (TPSA) is 52.3 Å². The first-order valence-electron chi connectivity index (χ1n) is 5.64. The quantitative estimate of drug-likeness (QED) is 0.661. The van der Waals surface area contributed by atoms with E-state index in [1.54, 1.807) is 36.4 Å². The number of nitrogens with two attached hydrogens (primary N) is 1. The number of halogens is 3. The van der Waals surface area contributed by atoms with E-state index in [2.05, 4.69) is 0 Å². The summed E-state index contributed by atoms with van der Waals surface area (Å²) >= 11 is 17.6. The Morgan fingerprint density at radius 2 is 1.85 bits per heavy atom. The van der Waals surface area contributed by atoms with E-state index in [1.807, 2.05) is 0 Å². The van der Waals surface area contributed by atoms with Gasteiger partial charge in [-0.3, -0.25) is 0 Å². The standard InChI is InChI=1S/C14H10Cl3NO2/c15-10-5-4-8(6-11(10)16)7-20-14(19)9-2-1-3-12(18)13(9)17/h1-6H,7,18H2. The van der Waals surface area contributed by atoms with Crippen LogP contribution in [0, 0.1) is 0 Å². The molecule has 2 aromatic rings. The second-order valence-electron chi connectivity index (χ2n) is 4.03. The molecule has 0 bridgehead atoms. The van der Waals surface area contributed by atoms with Crippen molar-refractivity contribution >= 4 is 46.5 Å². The van der Waals surface area contributed by atoms with Crippen molar-refractivity contribution in [3.8, 4) is 0 Å². The highest BCUT2D eigenvalue weighted by Gasteiger charge is 2.13. The summed E-state index contributed by atoms with van der Waals surface area (Å²) in [5.74, 6) is -0.548. The number of esters is 1. The van der Waals surface area contributed by atoms with E-state index in [9.17, 15) is 4.79 Å². The minimum Gasteiger partial charge on any atom is -0.457 e. The molecule has 0 heterocycles. The summed E-state index contributed by atoms with van der Waals surface area (Å²) in [6.45, 7) is 0.0703. The zero-order chi connectivity index (χ0) is 14.7. The lowest BCUT2D eigenvalue weighted by Crippen LogP contribution is -2.07. The largest absolute Gasteiger partial charge is 0.457 e. The minimum absolute atomic E-state index is 0.0703. The summed E-state index contributed by atoms with van der Waals surface area (Å²) < 4.78 is 5.16. The molecule has 0 aliphatic carbocycles. The minimum atomic E-state index is -0.548. The zero-order valence-electron chi connectivity index (χ0n) is 10.2. The molecule has 20 heavy (non-hydrogen) atoms. The number of rotatable bonds is 3. The van der Waals surface area contributed by atoms with Crippen molar-refractivity contribution < 1.29 is 9.53 Å². The van der Waals surface area contributed by atoms with Crippen molar-refractivity contribution in [1.82, 2.24) is 0 Å². The van der Waals surface area contributed by atoms with Crippen molar-refractivity contribution in [2.24, 2.45) is 0 Å². The Bertz CT molecular complexity index is 659. The maximum atomic E-state index is 11.9. The lowest BCUT2D eigenvalue weighted by Gasteiger charge is -2.08. The Morgan fingerprint density at radius 3 is 2.55 bits per heavy atom. The number of ether oxygens (including phenoxy) is 1. The molecule has 3 nitrogen and oxygen atoms in total. The Hall–Kier alpha value is -1.42. The number of carbonyl (C=O) groups is 1. The fourth-order valence-electron chi connectivity index (χ4n) is 1.56. The number of hydrogen-bond donors (Lipinski definition) is 1. The molecular weight excluding hydrogens is 321 g/mol. The molecule has 0 saturated carbocycles. The Morgan fingerprint density at radius 1 is 1.10 bits per heavy atom. The second-order valence-corrected chi connectivity index (χ2v) is 5.23. The highest BCUT2D eigenvalue weighted by atomic mass is 35.5. The van der Waals surface area contributed by atoms with E-state index in [0.717, 1.165) is 5.56 Å². The number of benzene rings is 2. The summed E-state index contributed by atoms with van der Waals surface area (Å²) in [4.78, 5) is 11.9. The van der Waals surface area contributed by atoms with E-state index in [1.165, 1.54) is 0 Å². The van der Waals surface area contributed by atoms with Crippen LogP contribution in [0.25, 0.3) is 0 Å². The van der Waals surface area contributed by atoms with Crippen LogP contribution < -0.4 is 5.73 Å². The molecule has 0 spiro atoms. The van der Waals surface area contributed by atoms with Crippen molar-refractivity contribution in [2.75, 3.05) is 5.73 Å². The monoisotopic (exact) mass is 329 g/mol. The molecule has 6 heteroatoms. The second kappa shape index (κ2) is 6.35. The molecule has 0 saturated heterocycles. The first-order chi connectivity index (χ1) is 9.49. The maximum Gasteiger partial charge on any atom is 0.340 e. The summed E-state index contributed by atoms with van der Waals surface area (Å²) in [5, 5.41) is 1.04. The summed E-state index contributed by atoms with van der Waals surface area (Å²) in [7, 11) is 0. The molecular formula is C14H10Cl3NO2. The summed E-state index contributed by atoms with van der Waals surface area (Å²) in [5.41, 5.74) is 6.92. The van der Waals surface area contributed by atoms with Crippen LogP contribution in [0.1, 0.15) is 15.9 Å². The predicted molar refractivity (Wildman–Crippen MR) is 81.4 cm³/mol. The van der Waals surface area contributed by atoms with Gasteiger partial charge in [0.15, 0.2) is 0 Å². The fraction of sp³-hybridized carbons (Fsp3) is 0.0714. The van der Waals surface area contributed by atoms with Crippen LogP contribution in [-0.2, 0) is 11.3 Å². The Kier molecular flexibility index (Phi) is 4.76. The van der Waals surface area contributed by atoms with E-state index < -0.39 is 5.97 Å². The Balaban J connectivity index is 2.08. The van der Waals surface area contributed by atoms with Gasteiger partial charge in [0.1, 0.15) is 6.61 Å². The van der Waals surface area contributed by atoms with Crippen molar-refractivity contribution in [3.63, 3.8) is 0 Å². The SMILES string of the molecule is Nc1cccc(C(=O)OCc2ccc(Cl)c(Cl)c2)c1Cl. The first kappa shape index (κ1) is 15.0. The van der Waals surface area contributed by atoms with Gasteiger partial charge in [-0.1, -0.05) is 46.9 Å². The molecule has 2 aromatic carbocycles. The number of anilines is 1. The van der Waals surface area contributed by atoms with Gasteiger partial charge in [0.25, 0.3) is 0 Å². The maximum absolute atomic E-state index is 11.9. The molecule has 2 N–H and O–H groups in total. The van der Waals surface area contributed by atoms with Gasteiger partial charge in [0.2, 0.25) is 0 Å².